The van der Waals surface area contributed by atoms with Crippen molar-refractivity contribution in [3.05, 3.63) is 81.0 Å². The molecule has 1 amide bonds. The molecule has 0 fully saturated rings. The number of furan rings is 1. The summed E-state index contributed by atoms with van der Waals surface area (Å²) < 4.78 is 11.3. The Labute approximate surface area is 184 Å². The zero-order valence-corrected chi connectivity index (χ0v) is 18.3. The molecule has 32 heavy (non-hydrogen) atoms. The molecule has 3 heterocycles. The van der Waals surface area contributed by atoms with Crippen molar-refractivity contribution in [2.24, 2.45) is 0 Å². The van der Waals surface area contributed by atoms with Gasteiger partial charge < -0.3 is 19.1 Å². The number of H-pyrrole nitrogens is 1. The molecular weight excluding hydrogens is 404 g/mol. The first-order valence-corrected chi connectivity index (χ1v) is 10.7. The number of amides is 1. The van der Waals surface area contributed by atoms with Crippen molar-refractivity contribution in [1.82, 2.24) is 10.3 Å². The average Bonchev–Trinajstić information content (AvgIpc) is 3.36. The fourth-order valence-corrected chi connectivity index (χ4v) is 4.42. The number of hydrogen-bond donors (Lipinski definition) is 2. The molecule has 0 spiro atoms. The molecular formula is C26H24N2O4. The molecule has 3 aromatic heterocycles. The lowest BCUT2D eigenvalue weighted by Gasteiger charge is -2.10. The van der Waals surface area contributed by atoms with Crippen molar-refractivity contribution in [1.29, 1.82) is 0 Å². The number of aromatic amines is 1. The Morgan fingerprint density at radius 2 is 1.84 bits per heavy atom. The van der Waals surface area contributed by atoms with Crippen LogP contribution in [0.1, 0.15) is 27.8 Å². The van der Waals surface area contributed by atoms with Crippen LogP contribution in [-0.2, 0) is 17.6 Å². The third-order valence-electron chi connectivity index (χ3n) is 6.26. The maximum Gasteiger partial charge on any atom is 0.340 e. The molecule has 6 nitrogen and oxygen atoms in total. The van der Waals surface area contributed by atoms with Gasteiger partial charge in [0.25, 0.3) is 0 Å². The Morgan fingerprint density at radius 1 is 1.03 bits per heavy atom. The standard InChI is InChI=1S/C26H24N2O4/c1-14-13-31-24-16(3)25-20(10-19(14)24)15(2)21(26(30)32-25)11-23(29)27-9-8-17-12-28-22-7-5-4-6-18(17)22/h4-7,10,12-13,28H,8-9,11H2,1-3H3,(H,27,29). The molecule has 0 atom stereocenters. The van der Waals surface area contributed by atoms with Crippen molar-refractivity contribution in [2.45, 2.75) is 33.6 Å². The topological polar surface area (TPSA) is 88.2 Å². The molecule has 5 aromatic rings. The summed E-state index contributed by atoms with van der Waals surface area (Å²) in [5.41, 5.74) is 5.96. The van der Waals surface area contributed by atoms with Crippen LogP contribution in [0.25, 0.3) is 32.8 Å². The van der Waals surface area contributed by atoms with Crippen molar-refractivity contribution in [3.63, 3.8) is 0 Å². The minimum Gasteiger partial charge on any atom is -0.464 e. The summed E-state index contributed by atoms with van der Waals surface area (Å²) in [5, 5.41) is 5.91. The number of carbonyl (C=O) groups excluding carboxylic acids is 1. The van der Waals surface area contributed by atoms with Gasteiger partial charge in [0.05, 0.1) is 18.2 Å². The number of nitrogens with one attached hydrogen (secondary N) is 2. The highest BCUT2D eigenvalue weighted by Crippen LogP contribution is 2.32. The van der Waals surface area contributed by atoms with E-state index in [4.69, 9.17) is 8.83 Å². The van der Waals surface area contributed by atoms with E-state index in [-0.39, 0.29) is 12.3 Å². The van der Waals surface area contributed by atoms with Crippen LogP contribution in [0.5, 0.6) is 0 Å². The third kappa shape index (κ3) is 3.28. The summed E-state index contributed by atoms with van der Waals surface area (Å²) in [4.78, 5) is 28.6. The summed E-state index contributed by atoms with van der Waals surface area (Å²) in [6.07, 6.45) is 4.36. The Hall–Kier alpha value is -3.80. The molecule has 2 aromatic carbocycles. The number of aryl methyl sites for hydroxylation is 3. The number of carbonyl (C=O) groups is 1. The fraction of sp³-hybridized carbons (Fsp3) is 0.231. The Kier molecular flexibility index (Phi) is 4.85. The summed E-state index contributed by atoms with van der Waals surface area (Å²) in [5.74, 6) is -0.197. The number of aromatic nitrogens is 1. The molecule has 6 heteroatoms. The second kappa shape index (κ2) is 7.71. The predicted octanol–water partition coefficient (Wildman–Crippen LogP) is 4.85. The lowest BCUT2D eigenvalue weighted by molar-refractivity contribution is -0.120. The van der Waals surface area contributed by atoms with Gasteiger partial charge in [-0.2, -0.15) is 0 Å². The number of fused-ring (bicyclic) bond motifs is 3. The third-order valence-corrected chi connectivity index (χ3v) is 6.26. The second-order valence-corrected chi connectivity index (χ2v) is 8.30. The molecule has 0 radical (unpaired) electrons. The summed E-state index contributed by atoms with van der Waals surface area (Å²) in [6.45, 7) is 6.22. The number of rotatable bonds is 5. The maximum atomic E-state index is 12.7. The van der Waals surface area contributed by atoms with E-state index in [2.05, 4.69) is 16.4 Å². The fourth-order valence-electron chi connectivity index (χ4n) is 4.42. The SMILES string of the molecule is Cc1coc2c(C)c3oc(=O)c(CC(=O)NCCc4c[nH]c5ccccc45)c(C)c3cc12. The highest BCUT2D eigenvalue weighted by atomic mass is 16.4. The van der Waals surface area contributed by atoms with Crippen LogP contribution in [0.3, 0.4) is 0 Å². The predicted molar refractivity (Wildman–Crippen MR) is 125 cm³/mol. The molecule has 0 saturated heterocycles. The Bertz CT molecular complexity index is 1550. The van der Waals surface area contributed by atoms with E-state index in [9.17, 15) is 9.59 Å². The first-order valence-electron chi connectivity index (χ1n) is 10.7. The smallest absolute Gasteiger partial charge is 0.340 e. The molecule has 0 aliphatic carbocycles. The highest BCUT2D eigenvalue weighted by Gasteiger charge is 2.19. The van der Waals surface area contributed by atoms with Gasteiger partial charge in [0.15, 0.2) is 0 Å². The van der Waals surface area contributed by atoms with Gasteiger partial charge in [-0.15, -0.1) is 0 Å². The molecule has 0 saturated carbocycles. The van der Waals surface area contributed by atoms with Crippen LogP contribution in [-0.4, -0.2) is 17.4 Å². The average molecular weight is 428 g/mol. The number of para-hydroxylation sites is 1. The van der Waals surface area contributed by atoms with E-state index in [0.717, 1.165) is 49.5 Å². The van der Waals surface area contributed by atoms with Crippen LogP contribution in [0, 0.1) is 20.8 Å². The summed E-state index contributed by atoms with van der Waals surface area (Å²) in [7, 11) is 0. The van der Waals surface area contributed by atoms with E-state index in [1.165, 1.54) is 0 Å². The van der Waals surface area contributed by atoms with E-state index in [1.54, 1.807) is 6.26 Å². The van der Waals surface area contributed by atoms with E-state index in [1.807, 2.05) is 51.2 Å². The lowest BCUT2D eigenvalue weighted by atomic mass is 9.99. The van der Waals surface area contributed by atoms with Crippen LogP contribution < -0.4 is 10.9 Å². The second-order valence-electron chi connectivity index (χ2n) is 8.30. The molecule has 5 rings (SSSR count). The van der Waals surface area contributed by atoms with Gasteiger partial charge in [-0.25, -0.2) is 4.79 Å². The van der Waals surface area contributed by atoms with E-state index in [0.29, 0.717) is 24.1 Å². The van der Waals surface area contributed by atoms with Crippen molar-refractivity contribution in [2.75, 3.05) is 6.54 Å². The molecule has 0 aliphatic rings. The first-order chi connectivity index (χ1) is 15.4. The van der Waals surface area contributed by atoms with Crippen LogP contribution in [0.4, 0.5) is 0 Å². The van der Waals surface area contributed by atoms with Crippen LogP contribution in [0.2, 0.25) is 0 Å². The molecule has 0 bridgehead atoms. The van der Waals surface area contributed by atoms with Gasteiger partial charge in [-0.05, 0) is 56.0 Å². The van der Waals surface area contributed by atoms with Crippen molar-refractivity contribution >= 4 is 38.7 Å². The van der Waals surface area contributed by atoms with E-state index < -0.39 is 5.63 Å². The minimum absolute atomic E-state index is 0.0144. The minimum atomic E-state index is -0.479. The summed E-state index contributed by atoms with van der Waals surface area (Å²) >= 11 is 0. The van der Waals surface area contributed by atoms with Crippen LogP contribution in [0.15, 0.2) is 56.4 Å². The van der Waals surface area contributed by atoms with Gasteiger partial charge in [0.2, 0.25) is 5.91 Å². The van der Waals surface area contributed by atoms with Crippen molar-refractivity contribution < 1.29 is 13.6 Å². The molecule has 0 aliphatic heterocycles. The van der Waals surface area contributed by atoms with Gasteiger partial charge >= 0.3 is 5.63 Å². The van der Waals surface area contributed by atoms with Gasteiger partial charge in [-0.1, -0.05) is 18.2 Å². The highest BCUT2D eigenvalue weighted by molar-refractivity contribution is 6.00. The van der Waals surface area contributed by atoms with Gasteiger partial charge in [0, 0.05) is 40.0 Å². The van der Waals surface area contributed by atoms with E-state index >= 15 is 0 Å². The molecule has 0 unspecified atom stereocenters. The normalized spacial score (nSPS) is 11.6. The zero-order valence-electron chi connectivity index (χ0n) is 18.3. The molecule has 162 valence electrons. The summed E-state index contributed by atoms with van der Waals surface area (Å²) in [6, 6.07) is 10.1. The zero-order chi connectivity index (χ0) is 22.4. The monoisotopic (exact) mass is 428 g/mol. The lowest BCUT2D eigenvalue weighted by Crippen LogP contribution is -2.29. The number of hydrogen-bond acceptors (Lipinski definition) is 4. The maximum absolute atomic E-state index is 12.7. The molecule has 2 N–H and O–H groups in total. The quantitative estimate of drug-likeness (QED) is 0.392. The van der Waals surface area contributed by atoms with Crippen molar-refractivity contribution in [3.8, 4) is 0 Å². The van der Waals surface area contributed by atoms with Gasteiger partial charge in [-0.3, -0.25) is 4.79 Å². The first kappa shape index (κ1) is 20.1. The Balaban J connectivity index is 1.37. The Morgan fingerprint density at radius 3 is 2.69 bits per heavy atom. The van der Waals surface area contributed by atoms with Gasteiger partial charge in [0.1, 0.15) is 11.2 Å². The number of benzene rings is 2. The van der Waals surface area contributed by atoms with Crippen LogP contribution >= 0.6 is 0 Å². The largest absolute Gasteiger partial charge is 0.464 e.